The highest BCUT2D eigenvalue weighted by Gasteiger charge is 2.29. The maximum atomic E-state index is 13.1. The molecule has 1 fully saturated rings. The van der Waals surface area contributed by atoms with Crippen LogP contribution >= 0.6 is 11.6 Å². The van der Waals surface area contributed by atoms with E-state index in [2.05, 4.69) is 28.1 Å². The second-order valence-corrected chi connectivity index (χ2v) is 6.85. The Morgan fingerprint density at radius 1 is 1.24 bits per heavy atom. The zero-order valence-corrected chi connectivity index (χ0v) is 14.7. The van der Waals surface area contributed by atoms with Crippen molar-refractivity contribution in [3.8, 4) is 0 Å². The van der Waals surface area contributed by atoms with Crippen LogP contribution in [0.25, 0.3) is 10.9 Å². The molecule has 128 valence electrons. The Hall–Kier alpha value is -2.53. The Balaban J connectivity index is 1.55. The summed E-state index contributed by atoms with van der Waals surface area (Å²) in [5.41, 5.74) is 2.69. The number of carbonyl (C=O) groups excluding carboxylic acids is 1. The molecule has 4 rings (SSSR count). The minimum atomic E-state index is 0.0604. The molecule has 1 unspecified atom stereocenters. The van der Waals surface area contributed by atoms with Gasteiger partial charge in [-0.25, -0.2) is 0 Å². The number of fused-ring (bicyclic) bond motifs is 1. The van der Waals surface area contributed by atoms with Crippen LogP contribution in [0.4, 0.5) is 5.69 Å². The highest BCUT2D eigenvalue weighted by molar-refractivity contribution is 6.30. The van der Waals surface area contributed by atoms with Gasteiger partial charge in [0.1, 0.15) is 0 Å². The molecule has 1 aliphatic heterocycles. The summed E-state index contributed by atoms with van der Waals surface area (Å²) in [5.74, 6) is 0.0604. The second kappa shape index (κ2) is 6.41. The van der Waals surface area contributed by atoms with Gasteiger partial charge in [-0.1, -0.05) is 23.7 Å². The van der Waals surface area contributed by atoms with Gasteiger partial charge in [-0.05, 0) is 37.3 Å². The van der Waals surface area contributed by atoms with Gasteiger partial charge in [-0.2, -0.15) is 5.10 Å². The number of aromatic nitrogens is 2. The number of benzene rings is 2. The average molecular weight is 355 g/mol. The van der Waals surface area contributed by atoms with Gasteiger partial charge in [0.05, 0.1) is 17.3 Å². The number of H-pyrrole nitrogens is 1. The zero-order chi connectivity index (χ0) is 17.4. The fourth-order valence-electron chi connectivity index (χ4n) is 3.48. The molecule has 2 heterocycles. The molecule has 0 saturated carbocycles. The van der Waals surface area contributed by atoms with Crippen molar-refractivity contribution in [2.75, 3.05) is 24.5 Å². The molecule has 6 heteroatoms. The zero-order valence-electron chi connectivity index (χ0n) is 13.9. The Morgan fingerprint density at radius 3 is 2.88 bits per heavy atom. The van der Waals surface area contributed by atoms with Crippen molar-refractivity contribution in [3.63, 3.8) is 0 Å². The van der Waals surface area contributed by atoms with Crippen LogP contribution in [0.2, 0.25) is 5.02 Å². The van der Waals surface area contributed by atoms with Gasteiger partial charge in [0, 0.05) is 41.8 Å². The standard InChI is InChI=1S/C19H19ClN4O/c1-13-12-23(15-5-2-4-14(20)10-15)8-9-24(13)19(25)16-6-3-7-18-17(16)11-21-22-18/h2-7,10-11,13H,8-9,12H2,1H3,(H,21,22). The predicted molar refractivity (Wildman–Crippen MR) is 100 cm³/mol. The van der Waals surface area contributed by atoms with Gasteiger partial charge in [-0.3, -0.25) is 9.89 Å². The Bertz CT molecular complexity index is 922. The molecule has 1 aliphatic rings. The number of carbonyl (C=O) groups is 1. The number of halogens is 1. The van der Waals surface area contributed by atoms with E-state index in [1.165, 1.54) is 0 Å². The summed E-state index contributed by atoms with van der Waals surface area (Å²) in [6, 6.07) is 13.7. The first kappa shape index (κ1) is 16.0. The summed E-state index contributed by atoms with van der Waals surface area (Å²) < 4.78 is 0. The lowest BCUT2D eigenvalue weighted by molar-refractivity contribution is 0.0676. The number of amides is 1. The van der Waals surface area contributed by atoms with E-state index in [0.29, 0.717) is 12.1 Å². The van der Waals surface area contributed by atoms with E-state index in [-0.39, 0.29) is 11.9 Å². The van der Waals surface area contributed by atoms with Crippen LogP contribution in [-0.4, -0.2) is 46.7 Å². The average Bonchev–Trinajstić information content (AvgIpc) is 3.10. The van der Waals surface area contributed by atoms with Gasteiger partial charge in [0.15, 0.2) is 0 Å². The Kier molecular flexibility index (Phi) is 4.09. The van der Waals surface area contributed by atoms with E-state index in [0.717, 1.165) is 34.7 Å². The summed E-state index contributed by atoms with van der Waals surface area (Å²) in [6.45, 7) is 4.34. The lowest BCUT2D eigenvalue weighted by Crippen LogP contribution is -2.54. The van der Waals surface area contributed by atoms with Crippen molar-refractivity contribution in [2.45, 2.75) is 13.0 Å². The smallest absolute Gasteiger partial charge is 0.254 e. The molecule has 5 nitrogen and oxygen atoms in total. The first-order valence-corrected chi connectivity index (χ1v) is 8.75. The predicted octanol–water partition coefficient (Wildman–Crippen LogP) is 3.57. The third-order valence-corrected chi connectivity index (χ3v) is 5.01. The fourth-order valence-corrected chi connectivity index (χ4v) is 3.66. The number of anilines is 1. The quantitative estimate of drug-likeness (QED) is 0.765. The minimum Gasteiger partial charge on any atom is -0.368 e. The van der Waals surface area contributed by atoms with Gasteiger partial charge >= 0.3 is 0 Å². The van der Waals surface area contributed by atoms with Crippen molar-refractivity contribution in [3.05, 3.63) is 59.2 Å². The van der Waals surface area contributed by atoms with Crippen LogP contribution in [0, 0.1) is 0 Å². The number of nitrogens with zero attached hydrogens (tertiary/aromatic N) is 3. The molecule has 1 saturated heterocycles. The summed E-state index contributed by atoms with van der Waals surface area (Å²) in [6.07, 6.45) is 1.72. The van der Waals surface area contributed by atoms with Crippen molar-refractivity contribution in [2.24, 2.45) is 0 Å². The summed E-state index contributed by atoms with van der Waals surface area (Å²) in [4.78, 5) is 17.3. The molecule has 0 spiro atoms. The molecular formula is C19H19ClN4O. The second-order valence-electron chi connectivity index (χ2n) is 6.41. The Morgan fingerprint density at radius 2 is 2.08 bits per heavy atom. The topological polar surface area (TPSA) is 52.2 Å². The highest BCUT2D eigenvalue weighted by atomic mass is 35.5. The third-order valence-electron chi connectivity index (χ3n) is 4.78. The summed E-state index contributed by atoms with van der Waals surface area (Å²) in [7, 11) is 0. The Labute approximate surface area is 151 Å². The van der Waals surface area contributed by atoms with Crippen LogP contribution < -0.4 is 4.90 Å². The van der Waals surface area contributed by atoms with E-state index >= 15 is 0 Å². The normalized spacial score (nSPS) is 17.9. The molecule has 0 aliphatic carbocycles. The van der Waals surface area contributed by atoms with Gasteiger partial charge in [0.2, 0.25) is 0 Å². The van der Waals surface area contributed by atoms with E-state index in [1.807, 2.05) is 41.3 Å². The third kappa shape index (κ3) is 2.96. The van der Waals surface area contributed by atoms with Gasteiger partial charge < -0.3 is 9.80 Å². The van der Waals surface area contributed by atoms with E-state index in [9.17, 15) is 4.79 Å². The van der Waals surface area contributed by atoms with Crippen molar-refractivity contribution in [1.82, 2.24) is 15.1 Å². The number of aromatic amines is 1. The molecule has 1 amide bonds. The SMILES string of the molecule is CC1CN(c2cccc(Cl)c2)CCN1C(=O)c1cccc2[nH]ncc12. The first-order chi connectivity index (χ1) is 12.1. The fraction of sp³-hybridized carbons (Fsp3) is 0.263. The van der Waals surface area contributed by atoms with Crippen molar-refractivity contribution >= 4 is 34.1 Å². The molecule has 0 radical (unpaired) electrons. The van der Waals surface area contributed by atoms with E-state index in [4.69, 9.17) is 11.6 Å². The molecular weight excluding hydrogens is 336 g/mol. The first-order valence-electron chi connectivity index (χ1n) is 8.37. The minimum absolute atomic E-state index is 0.0604. The van der Waals surface area contributed by atoms with Crippen LogP contribution in [0.1, 0.15) is 17.3 Å². The maximum absolute atomic E-state index is 13.1. The number of piperazine rings is 1. The van der Waals surface area contributed by atoms with E-state index < -0.39 is 0 Å². The lowest BCUT2D eigenvalue weighted by atomic mass is 10.1. The molecule has 3 aromatic rings. The lowest BCUT2D eigenvalue weighted by Gasteiger charge is -2.41. The molecule has 0 bridgehead atoms. The summed E-state index contributed by atoms with van der Waals surface area (Å²) >= 11 is 6.10. The van der Waals surface area contributed by atoms with Crippen LogP contribution in [0.5, 0.6) is 0 Å². The van der Waals surface area contributed by atoms with Crippen LogP contribution in [0.15, 0.2) is 48.7 Å². The highest BCUT2D eigenvalue weighted by Crippen LogP contribution is 2.25. The van der Waals surface area contributed by atoms with Crippen molar-refractivity contribution < 1.29 is 4.79 Å². The number of hydrogen-bond donors (Lipinski definition) is 1. The molecule has 1 N–H and O–H groups in total. The van der Waals surface area contributed by atoms with E-state index in [1.54, 1.807) is 6.20 Å². The van der Waals surface area contributed by atoms with Crippen molar-refractivity contribution in [1.29, 1.82) is 0 Å². The summed E-state index contributed by atoms with van der Waals surface area (Å²) in [5, 5.41) is 8.58. The molecule has 1 aromatic heterocycles. The maximum Gasteiger partial charge on any atom is 0.254 e. The van der Waals surface area contributed by atoms with Gasteiger partial charge in [-0.15, -0.1) is 0 Å². The van der Waals surface area contributed by atoms with Crippen LogP contribution in [0.3, 0.4) is 0 Å². The number of nitrogens with one attached hydrogen (secondary N) is 1. The van der Waals surface area contributed by atoms with Crippen LogP contribution in [-0.2, 0) is 0 Å². The molecule has 2 aromatic carbocycles. The largest absolute Gasteiger partial charge is 0.368 e. The number of rotatable bonds is 2. The van der Waals surface area contributed by atoms with Gasteiger partial charge in [0.25, 0.3) is 5.91 Å². The molecule has 1 atom stereocenters. The molecule has 25 heavy (non-hydrogen) atoms. The monoisotopic (exact) mass is 354 g/mol. The number of hydrogen-bond acceptors (Lipinski definition) is 3.